The van der Waals surface area contributed by atoms with Crippen LogP contribution in [0.4, 0.5) is 14.5 Å². The first-order chi connectivity index (χ1) is 12.3. The molecule has 1 amide bonds. The van der Waals surface area contributed by atoms with Crippen molar-refractivity contribution < 1.29 is 27.9 Å². The second kappa shape index (κ2) is 7.25. The SMILES string of the molecule is CC(OC(=O)c1ccc2c(c1)NC(=O)CS2)C(=O)c1ccc(F)c(F)c1. The molecule has 1 N–H and O–H groups in total. The van der Waals surface area contributed by atoms with Gasteiger partial charge in [0, 0.05) is 10.5 Å². The van der Waals surface area contributed by atoms with Crippen molar-refractivity contribution in [2.45, 2.75) is 17.9 Å². The van der Waals surface area contributed by atoms with Gasteiger partial charge in [0.25, 0.3) is 0 Å². The fourth-order valence-corrected chi connectivity index (χ4v) is 3.16. The number of amides is 1. The van der Waals surface area contributed by atoms with Crippen LogP contribution in [0.2, 0.25) is 0 Å². The minimum absolute atomic E-state index is 0.0988. The van der Waals surface area contributed by atoms with Crippen LogP contribution in [0.3, 0.4) is 0 Å². The average molecular weight is 377 g/mol. The lowest BCUT2D eigenvalue weighted by atomic mass is 10.1. The first-order valence-electron chi connectivity index (χ1n) is 7.62. The molecule has 1 heterocycles. The predicted molar refractivity (Wildman–Crippen MR) is 91.4 cm³/mol. The molecule has 0 fully saturated rings. The molecule has 1 aliphatic heterocycles. The lowest BCUT2D eigenvalue weighted by molar-refractivity contribution is -0.113. The Balaban J connectivity index is 1.72. The van der Waals surface area contributed by atoms with Crippen LogP contribution in [0.15, 0.2) is 41.3 Å². The van der Waals surface area contributed by atoms with Gasteiger partial charge in [-0.3, -0.25) is 9.59 Å². The maximum atomic E-state index is 13.3. The number of Topliss-reactive ketones (excluding diaryl/α,β-unsaturated/α-hetero) is 1. The van der Waals surface area contributed by atoms with Gasteiger partial charge >= 0.3 is 5.97 Å². The van der Waals surface area contributed by atoms with Crippen molar-refractivity contribution in [3.63, 3.8) is 0 Å². The number of hydrogen-bond acceptors (Lipinski definition) is 5. The molecular weight excluding hydrogens is 364 g/mol. The third-order valence-electron chi connectivity index (χ3n) is 3.71. The van der Waals surface area contributed by atoms with Crippen LogP contribution < -0.4 is 5.32 Å². The molecule has 0 saturated heterocycles. The molecule has 8 heteroatoms. The Hall–Kier alpha value is -2.74. The summed E-state index contributed by atoms with van der Waals surface area (Å²) in [6.07, 6.45) is -1.19. The van der Waals surface area contributed by atoms with Crippen LogP contribution in [0.25, 0.3) is 0 Å². The summed E-state index contributed by atoms with van der Waals surface area (Å²) >= 11 is 1.35. The molecule has 0 saturated carbocycles. The number of carbonyl (C=O) groups is 3. The number of benzene rings is 2. The van der Waals surface area contributed by atoms with Crippen LogP contribution in [0.5, 0.6) is 0 Å². The Bertz CT molecular complexity index is 916. The largest absolute Gasteiger partial charge is 0.451 e. The Morgan fingerprint density at radius 1 is 1.12 bits per heavy atom. The van der Waals surface area contributed by atoms with Gasteiger partial charge in [0.2, 0.25) is 11.7 Å². The second-order valence-electron chi connectivity index (χ2n) is 5.59. The zero-order chi connectivity index (χ0) is 18.8. The van der Waals surface area contributed by atoms with Crippen LogP contribution in [0.1, 0.15) is 27.6 Å². The van der Waals surface area contributed by atoms with E-state index in [1.54, 1.807) is 6.07 Å². The van der Waals surface area contributed by atoms with Gasteiger partial charge in [0.05, 0.1) is 17.0 Å². The first-order valence-corrected chi connectivity index (χ1v) is 8.60. The van der Waals surface area contributed by atoms with Gasteiger partial charge in [-0.2, -0.15) is 0 Å². The summed E-state index contributed by atoms with van der Waals surface area (Å²) < 4.78 is 31.3. The van der Waals surface area contributed by atoms with Crippen molar-refractivity contribution in [2.75, 3.05) is 11.1 Å². The van der Waals surface area contributed by atoms with Gasteiger partial charge in [-0.1, -0.05) is 0 Å². The van der Waals surface area contributed by atoms with Crippen molar-refractivity contribution in [1.82, 2.24) is 0 Å². The molecule has 26 heavy (non-hydrogen) atoms. The van der Waals surface area contributed by atoms with E-state index in [1.807, 2.05) is 0 Å². The fraction of sp³-hybridized carbons (Fsp3) is 0.167. The highest BCUT2D eigenvalue weighted by Crippen LogP contribution is 2.32. The Morgan fingerprint density at radius 2 is 1.85 bits per heavy atom. The van der Waals surface area contributed by atoms with E-state index in [0.29, 0.717) is 11.4 Å². The number of fused-ring (bicyclic) bond motifs is 1. The monoisotopic (exact) mass is 377 g/mol. The third kappa shape index (κ3) is 3.75. The Labute approximate surface area is 151 Å². The van der Waals surface area contributed by atoms with Crippen molar-refractivity contribution in [2.24, 2.45) is 0 Å². The molecule has 0 radical (unpaired) electrons. The molecule has 1 atom stereocenters. The van der Waals surface area contributed by atoms with Crippen LogP contribution in [-0.4, -0.2) is 29.5 Å². The average Bonchev–Trinajstić information content (AvgIpc) is 2.62. The van der Waals surface area contributed by atoms with Crippen LogP contribution in [0, 0.1) is 11.6 Å². The number of carbonyl (C=O) groups excluding carboxylic acids is 3. The first kappa shape index (κ1) is 18.1. The standard InChI is InChI=1S/C18H13F2NO4S/c1-9(17(23)10-2-4-12(19)13(20)6-10)25-18(24)11-3-5-15-14(7-11)21-16(22)8-26-15/h2-7,9H,8H2,1H3,(H,21,22). The van der Waals surface area contributed by atoms with E-state index in [9.17, 15) is 23.2 Å². The van der Waals surface area contributed by atoms with E-state index in [4.69, 9.17) is 4.74 Å². The van der Waals surface area contributed by atoms with E-state index in [2.05, 4.69) is 5.32 Å². The topological polar surface area (TPSA) is 72.5 Å². The van der Waals surface area contributed by atoms with Gasteiger partial charge in [0.1, 0.15) is 0 Å². The number of rotatable bonds is 4. The lowest BCUT2D eigenvalue weighted by Crippen LogP contribution is -2.25. The van der Waals surface area contributed by atoms with Gasteiger partial charge in [0.15, 0.2) is 17.7 Å². The van der Waals surface area contributed by atoms with E-state index in [0.717, 1.165) is 23.1 Å². The number of hydrogen-bond donors (Lipinski definition) is 1. The number of ether oxygens (including phenoxy) is 1. The van der Waals surface area contributed by atoms with Crippen molar-refractivity contribution >= 4 is 35.1 Å². The zero-order valence-corrected chi connectivity index (χ0v) is 14.4. The molecule has 5 nitrogen and oxygen atoms in total. The highest BCUT2D eigenvalue weighted by Gasteiger charge is 2.23. The van der Waals surface area contributed by atoms with E-state index in [1.165, 1.54) is 30.8 Å². The summed E-state index contributed by atoms with van der Waals surface area (Å²) in [5, 5.41) is 2.66. The predicted octanol–water partition coefficient (Wildman–Crippen LogP) is 3.44. The highest BCUT2D eigenvalue weighted by molar-refractivity contribution is 8.00. The number of thioether (sulfide) groups is 1. The molecule has 3 rings (SSSR count). The molecule has 2 aromatic carbocycles. The molecule has 0 aromatic heterocycles. The second-order valence-corrected chi connectivity index (χ2v) is 6.61. The summed E-state index contributed by atoms with van der Waals surface area (Å²) in [7, 11) is 0. The number of anilines is 1. The van der Waals surface area contributed by atoms with Crippen molar-refractivity contribution in [1.29, 1.82) is 0 Å². The fourth-order valence-electron chi connectivity index (χ4n) is 2.38. The Morgan fingerprint density at radius 3 is 2.58 bits per heavy atom. The van der Waals surface area contributed by atoms with Gasteiger partial charge in [-0.25, -0.2) is 13.6 Å². The van der Waals surface area contributed by atoms with E-state index < -0.39 is 29.5 Å². The smallest absolute Gasteiger partial charge is 0.338 e. The highest BCUT2D eigenvalue weighted by atomic mass is 32.2. The number of halogens is 2. The molecule has 0 bridgehead atoms. The molecular formula is C18H13F2NO4S. The molecule has 1 unspecified atom stereocenters. The number of esters is 1. The summed E-state index contributed by atoms with van der Waals surface area (Å²) in [6, 6.07) is 7.39. The maximum Gasteiger partial charge on any atom is 0.338 e. The summed E-state index contributed by atoms with van der Waals surface area (Å²) in [4.78, 5) is 36.7. The third-order valence-corrected chi connectivity index (χ3v) is 4.78. The normalized spacial score (nSPS) is 14.2. The maximum absolute atomic E-state index is 13.3. The molecule has 0 aliphatic carbocycles. The molecule has 1 aliphatic rings. The van der Waals surface area contributed by atoms with Crippen molar-refractivity contribution in [3.05, 3.63) is 59.2 Å². The van der Waals surface area contributed by atoms with Crippen molar-refractivity contribution in [3.8, 4) is 0 Å². The summed E-state index contributed by atoms with van der Waals surface area (Å²) in [6.45, 7) is 1.34. The van der Waals surface area contributed by atoms with Gasteiger partial charge in [-0.05, 0) is 43.3 Å². The van der Waals surface area contributed by atoms with Gasteiger partial charge < -0.3 is 10.1 Å². The van der Waals surface area contributed by atoms with Crippen LogP contribution in [-0.2, 0) is 9.53 Å². The minimum Gasteiger partial charge on any atom is -0.451 e. The molecule has 134 valence electrons. The summed E-state index contributed by atoms with van der Waals surface area (Å²) in [5.41, 5.74) is 0.565. The minimum atomic E-state index is -1.19. The molecule has 0 spiro atoms. The zero-order valence-electron chi connectivity index (χ0n) is 13.5. The van der Waals surface area contributed by atoms with E-state index >= 15 is 0 Å². The lowest BCUT2D eigenvalue weighted by Gasteiger charge is -2.17. The van der Waals surface area contributed by atoms with Crippen LogP contribution >= 0.6 is 11.8 Å². The van der Waals surface area contributed by atoms with E-state index in [-0.39, 0.29) is 17.0 Å². The quantitative estimate of drug-likeness (QED) is 0.653. The Kier molecular flexibility index (Phi) is 5.03. The molecule has 2 aromatic rings. The number of nitrogens with one attached hydrogen (secondary N) is 1. The number of ketones is 1. The summed E-state index contributed by atoms with van der Waals surface area (Å²) in [5.74, 6) is -3.51. The van der Waals surface area contributed by atoms with Gasteiger partial charge in [-0.15, -0.1) is 11.8 Å².